The van der Waals surface area contributed by atoms with Crippen molar-refractivity contribution in [2.75, 3.05) is 44.2 Å². The van der Waals surface area contributed by atoms with Gasteiger partial charge in [-0.3, -0.25) is 15.0 Å². The first-order valence-corrected chi connectivity index (χ1v) is 9.17. The van der Waals surface area contributed by atoms with Gasteiger partial charge < -0.3 is 14.7 Å². The summed E-state index contributed by atoms with van der Waals surface area (Å²) in [7, 11) is 0. The van der Waals surface area contributed by atoms with E-state index in [-0.39, 0.29) is 12.3 Å². The fourth-order valence-electron chi connectivity index (χ4n) is 3.05. The van der Waals surface area contributed by atoms with Crippen LogP contribution in [-0.4, -0.2) is 60.4 Å². The SMILES string of the molecule is O=[N+]([O-])c1ccc(OCC(O)CN2CCN(c3ccc(Cl)cc3)CC2)cc1. The van der Waals surface area contributed by atoms with E-state index < -0.39 is 11.0 Å². The molecule has 0 aromatic heterocycles. The number of nitro groups is 1. The minimum atomic E-state index is -0.623. The van der Waals surface area contributed by atoms with Crippen molar-refractivity contribution >= 4 is 23.0 Å². The molecule has 3 rings (SSSR count). The molecule has 7 nitrogen and oxygen atoms in total. The van der Waals surface area contributed by atoms with E-state index in [1.165, 1.54) is 24.3 Å². The average molecular weight is 392 g/mol. The second-order valence-corrected chi connectivity index (χ2v) is 6.92. The van der Waals surface area contributed by atoms with E-state index in [1.807, 2.05) is 24.3 Å². The molecule has 0 saturated carbocycles. The summed E-state index contributed by atoms with van der Waals surface area (Å²) >= 11 is 5.93. The number of piperazine rings is 1. The number of nitro benzene ring substituents is 1. The number of hydrogen-bond acceptors (Lipinski definition) is 6. The third kappa shape index (κ3) is 5.56. The minimum Gasteiger partial charge on any atom is -0.491 e. The third-order valence-corrected chi connectivity index (χ3v) is 4.77. The standard InChI is InChI=1S/C19H22ClN3O4/c20-15-1-3-16(4-2-15)22-11-9-21(10-12-22)13-18(24)14-27-19-7-5-17(6-8-19)23(25)26/h1-8,18,24H,9-14H2. The van der Waals surface area contributed by atoms with Gasteiger partial charge in [0.2, 0.25) is 0 Å². The van der Waals surface area contributed by atoms with Crippen LogP contribution in [0.5, 0.6) is 5.75 Å². The molecular formula is C19H22ClN3O4. The Kier molecular flexibility index (Phi) is 6.49. The van der Waals surface area contributed by atoms with Gasteiger partial charge in [-0.05, 0) is 36.4 Å². The molecule has 1 unspecified atom stereocenters. The topological polar surface area (TPSA) is 79.1 Å². The van der Waals surface area contributed by atoms with Crippen molar-refractivity contribution in [2.45, 2.75) is 6.10 Å². The number of benzene rings is 2. The van der Waals surface area contributed by atoms with Crippen LogP contribution in [0.4, 0.5) is 11.4 Å². The highest BCUT2D eigenvalue weighted by atomic mass is 35.5. The van der Waals surface area contributed by atoms with E-state index in [0.29, 0.717) is 12.3 Å². The summed E-state index contributed by atoms with van der Waals surface area (Å²) < 4.78 is 5.52. The van der Waals surface area contributed by atoms with E-state index in [9.17, 15) is 15.2 Å². The Balaban J connectivity index is 1.40. The van der Waals surface area contributed by atoms with Crippen molar-refractivity contribution in [2.24, 2.45) is 0 Å². The molecule has 1 heterocycles. The van der Waals surface area contributed by atoms with Gasteiger partial charge in [0.1, 0.15) is 18.5 Å². The van der Waals surface area contributed by atoms with Crippen LogP contribution in [0.2, 0.25) is 5.02 Å². The van der Waals surface area contributed by atoms with Crippen LogP contribution in [0, 0.1) is 10.1 Å². The molecule has 1 N–H and O–H groups in total. The Bertz CT molecular complexity index is 747. The van der Waals surface area contributed by atoms with E-state index in [4.69, 9.17) is 16.3 Å². The van der Waals surface area contributed by atoms with E-state index in [1.54, 1.807) is 0 Å². The van der Waals surface area contributed by atoms with Crippen molar-refractivity contribution in [3.63, 3.8) is 0 Å². The predicted molar refractivity (Wildman–Crippen MR) is 105 cm³/mol. The monoisotopic (exact) mass is 391 g/mol. The Labute approximate surface area is 162 Å². The summed E-state index contributed by atoms with van der Waals surface area (Å²) in [6, 6.07) is 13.7. The Morgan fingerprint density at radius 3 is 2.30 bits per heavy atom. The maximum Gasteiger partial charge on any atom is 0.269 e. The number of rotatable bonds is 7. The molecule has 144 valence electrons. The molecular weight excluding hydrogens is 370 g/mol. The van der Waals surface area contributed by atoms with Crippen molar-refractivity contribution in [3.8, 4) is 5.75 Å². The van der Waals surface area contributed by atoms with Crippen LogP contribution in [0.15, 0.2) is 48.5 Å². The number of hydrogen-bond donors (Lipinski definition) is 1. The summed E-state index contributed by atoms with van der Waals surface area (Å²) in [6.45, 7) is 4.17. The van der Waals surface area contributed by atoms with Gasteiger partial charge in [0, 0.05) is 55.6 Å². The van der Waals surface area contributed by atoms with Gasteiger partial charge in [0.15, 0.2) is 0 Å². The van der Waals surface area contributed by atoms with Crippen LogP contribution >= 0.6 is 11.6 Å². The first kappa shape index (κ1) is 19.4. The Hall–Kier alpha value is -2.35. The zero-order chi connectivity index (χ0) is 19.2. The molecule has 1 aliphatic heterocycles. The number of halogens is 1. The summed E-state index contributed by atoms with van der Waals surface area (Å²) in [5.74, 6) is 0.507. The van der Waals surface area contributed by atoms with E-state index in [2.05, 4.69) is 9.80 Å². The molecule has 2 aromatic rings. The summed E-state index contributed by atoms with van der Waals surface area (Å²) in [5, 5.41) is 21.6. The van der Waals surface area contributed by atoms with Crippen LogP contribution in [0.3, 0.4) is 0 Å². The number of nitrogens with zero attached hydrogens (tertiary/aromatic N) is 3. The lowest BCUT2D eigenvalue weighted by Crippen LogP contribution is -2.49. The Morgan fingerprint density at radius 2 is 1.70 bits per heavy atom. The van der Waals surface area contributed by atoms with Crippen LogP contribution < -0.4 is 9.64 Å². The molecule has 1 saturated heterocycles. The number of ether oxygens (including phenoxy) is 1. The minimum absolute atomic E-state index is 0.0152. The molecule has 1 aliphatic rings. The molecule has 0 amide bonds. The summed E-state index contributed by atoms with van der Waals surface area (Å²) in [5.41, 5.74) is 1.17. The van der Waals surface area contributed by atoms with Gasteiger partial charge in [-0.15, -0.1) is 0 Å². The maximum atomic E-state index is 10.6. The molecule has 2 aromatic carbocycles. The van der Waals surface area contributed by atoms with E-state index >= 15 is 0 Å². The van der Waals surface area contributed by atoms with Gasteiger partial charge in [-0.25, -0.2) is 0 Å². The smallest absolute Gasteiger partial charge is 0.269 e. The fraction of sp³-hybridized carbons (Fsp3) is 0.368. The Morgan fingerprint density at radius 1 is 1.07 bits per heavy atom. The highest BCUT2D eigenvalue weighted by Crippen LogP contribution is 2.20. The molecule has 0 bridgehead atoms. The lowest BCUT2D eigenvalue weighted by molar-refractivity contribution is -0.384. The lowest BCUT2D eigenvalue weighted by atomic mass is 10.2. The summed E-state index contributed by atoms with van der Waals surface area (Å²) in [4.78, 5) is 14.7. The number of aliphatic hydroxyl groups excluding tert-OH is 1. The maximum absolute atomic E-state index is 10.6. The number of aliphatic hydroxyl groups is 1. The second kappa shape index (κ2) is 9.03. The van der Waals surface area contributed by atoms with Crippen LogP contribution in [-0.2, 0) is 0 Å². The number of β-amino-alcohol motifs (C(OH)–C–C–N with tert-alkyl or cyclic N) is 1. The van der Waals surface area contributed by atoms with Crippen LogP contribution in [0.25, 0.3) is 0 Å². The van der Waals surface area contributed by atoms with Gasteiger partial charge >= 0.3 is 0 Å². The predicted octanol–water partition coefficient (Wildman–Crippen LogP) is 2.81. The van der Waals surface area contributed by atoms with Gasteiger partial charge in [0.25, 0.3) is 5.69 Å². The quantitative estimate of drug-likeness (QED) is 0.577. The van der Waals surface area contributed by atoms with Crippen molar-refractivity contribution in [3.05, 3.63) is 63.7 Å². The molecule has 27 heavy (non-hydrogen) atoms. The molecule has 1 atom stereocenters. The molecule has 0 aliphatic carbocycles. The van der Waals surface area contributed by atoms with Gasteiger partial charge in [-0.1, -0.05) is 11.6 Å². The largest absolute Gasteiger partial charge is 0.491 e. The molecule has 1 fully saturated rings. The van der Waals surface area contributed by atoms with Gasteiger partial charge in [-0.2, -0.15) is 0 Å². The van der Waals surface area contributed by atoms with E-state index in [0.717, 1.165) is 36.9 Å². The lowest BCUT2D eigenvalue weighted by Gasteiger charge is -2.36. The summed E-state index contributed by atoms with van der Waals surface area (Å²) in [6.07, 6.45) is -0.623. The van der Waals surface area contributed by atoms with Crippen LogP contribution in [0.1, 0.15) is 0 Å². The fourth-order valence-corrected chi connectivity index (χ4v) is 3.17. The van der Waals surface area contributed by atoms with Crippen molar-refractivity contribution in [1.29, 1.82) is 0 Å². The average Bonchev–Trinajstić information content (AvgIpc) is 2.68. The number of anilines is 1. The highest BCUT2D eigenvalue weighted by molar-refractivity contribution is 6.30. The zero-order valence-electron chi connectivity index (χ0n) is 14.8. The van der Waals surface area contributed by atoms with Crippen molar-refractivity contribution < 1.29 is 14.8 Å². The highest BCUT2D eigenvalue weighted by Gasteiger charge is 2.20. The normalized spacial score (nSPS) is 16.1. The zero-order valence-corrected chi connectivity index (χ0v) is 15.6. The molecule has 0 radical (unpaired) electrons. The van der Waals surface area contributed by atoms with Gasteiger partial charge in [0.05, 0.1) is 4.92 Å². The third-order valence-electron chi connectivity index (χ3n) is 4.52. The molecule has 0 spiro atoms. The first-order valence-electron chi connectivity index (χ1n) is 8.79. The molecule has 8 heteroatoms. The second-order valence-electron chi connectivity index (χ2n) is 6.48. The first-order chi connectivity index (χ1) is 13.0. The number of non-ortho nitro benzene ring substituents is 1. The van der Waals surface area contributed by atoms with Crippen molar-refractivity contribution in [1.82, 2.24) is 4.90 Å².